The van der Waals surface area contributed by atoms with Gasteiger partial charge in [0.2, 0.25) is 0 Å². The molecule has 0 radical (unpaired) electrons. The van der Waals surface area contributed by atoms with E-state index in [-0.39, 0.29) is 5.75 Å². The van der Waals surface area contributed by atoms with Gasteiger partial charge in [0.25, 0.3) is 0 Å². The van der Waals surface area contributed by atoms with Gasteiger partial charge in [-0.25, -0.2) is 0 Å². The molecule has 0 aliphatic carbocycles. The lowest BCUT2D eigenvalue weighted by atomic mass is 10.0. The lowest BCUT2D eigenvalue weighted by Gasteiger charge is -2.04. The molecule has 92 valence electrons. The molecule has 0 atom stereocenters. The molecule has 2 aromatic carbocycles. The van der Waals surface area contributed by atoms with Crippen LogP contribution in [0.5, 0.6) is 5.75 Å². The first-order valence-corrected chi connectivity index (χ1v) is 6.09. The zero-order valence-corrected chi connectivity index (χ0v) is 10.7. The van der Waals surface area contributed by atoms with Gasteiger partial charge in [-0.15, -0.1) is 0 Å². The molecule has 0 saturated heterocycles. The maximum absolute atomic E-state index is 9.59. The summed E-state index contributed by atoms with van der Waals surface area (Å²) in [5, 5.41) is 9.59. The molecule has 0 bridgehead atoms. The summed E-state index contributed by atoms with van der Waals surface area (Å²) in [6, 6.07) is 15.4. The molecule has 2 rings (SSSR count). The van der Waals surface area contributed by atoms with Gasteiger partial charge in [0.05, 0.1) is 0 Å². The van der Waals surface area contributed by atoms with Crippen LogP contribution >= 0.6 is 0 Å². The van der Waals surface area contributed by atoms with Gasteiger partial charge in [0, 0.05) is 6.21 Å². The van der Waals surface area contributed by atoms with Crippen LogP contribution < -0.4 is 0 Å². The van der Waals surface area contributed by atoms with Crippen LogP contribution in [0.4, 0.5) is 5.69 Å². The number of aromatic hydroxyl groups is 1. The van der Waals surface area contributed by atoms with Gasteiger partial charge in [0.15, 0.2) is 0 Å². The van der Waals surface area contributed by atoms with Crippen molar-refractivity contribution in [3.8, 4) is 5.75 Å². The quantitative estimate of drug-likeness (QED) is 0.797. The molecule has 2 heteroatoms. The number of phenolic OH excluding ortho intramolecular Hbond substituents is 1. The maximum Gasteiger partial charge on any atom is 0.141 e. The summed E-state index contributed by atoms with van der Waals surface area (Å²) in [5.41, 5.74) is 2.93. The second kappa shape index (κ2) is 5.50. The molecule has 0 aromatic heterocycles. The zero-order chi connectivity index (χ0) is 13.0. The van der Waals surface area contributed by atoms with Crippen LogP contribution in [0, 0.1) is 0 Å². The number of benzene rings is 2. The summed E-state index contributed by atoms with van der Waals surface area (Å²) in [5.74, 6) is 0.738. The molecule has 1 N–H and O–H groups in total. The molecule has 0 aliphatic heterocycles. The summed E-state index contributed by atoms with van der Waals surface area (Å²) in [4.78, 5) is 4.28. The van der Waals surface area contributed by atoms with E-state index in [0.717, 1.165) is 5.56 Å². The first kappa shape index (κ1) is 12.4. The number of hydrogen-bond acceptors (Lipinski definition) is 2. The lowest BCUT2D eigenvalue weighted by Crippen LogP contribution is -1.87. The van der Waals surface area contributed by atoms with E-state index in [9.17, 15) is 5.11 Å². The Hall–Kier alpha value is -2.09. The molecule has 0 unspecified atom stereocenters. The summed E-state index contributed by atoms with van der Waals surface area (Å²) in [6.07, 6.45) is 1.76. The van der Waals surface area contributed by atoms with E-state index in [1.165, 1.54) is 5.56 Å². The Balaban J connectivity index is 2.17. The Labute approximate surface area is 108 Å². The first-order chi connectivity index (χ1) is 8.66. The van der Waals surface area contributed by atoms with Crippen molar-refractivity contribution in [2.24, 2.45) is 4.99 Å². The molecule has 2 nitrogen and oxygen atoms in total. The van der Waals surface area contributed by atoms with Gasteiger partial charge in [-0.3, -0.25) is 4.99 Å². The molecule has 2 aromatic rings. The largest absolute Gasteiger partial charge is 0.506 e. The van der Waals surface area contributed by atoms with Crippen LogP contribution in [0.1, 0.15) is 30.9 Å². The van der Waals surface area contributed by atoms with Gasteiger partial charge < -0.3 is 5.11 Å². The van der Waals surface area contributed by atoms with Crippen LogP contribution in [-0.2, 0) is 0 Å². The first-order valence-electron chi connectivity index (χ1n) is 6.09. The standard InChI is InChI=1S/C16H17NO/c1-12(2)14-9-7-13(8-10-14)11-17-15-5-3-4-6-16(15)18/h3-12,18H,1-2H3. The summed E-state index contributed by atoms with van der Waals surface area (Å²) in [6.45, 7) is 4.34. The predicted molar refractivity (Wildman–Crippen MR) is 75.9 cm³/mol. The minimum atomic E-state index is 0.201. The van der Waals surface area contributed by atoms with Crippen molar-refractivity contribution in [3.63, 3.8) is 0 Å². The van der Waals surface area contributed by atoms with E-state index >= 15 is 0 Å². The number of aliphatic imine (C=N–C) groups is 1. The second-order valence-corrected chi connectivity index (χ2v) is 4.57. The van der Waals surface area contributed by atoms with E-state index in [2.05, 4.69) is 31.0 Å². The highest BCUT2D eigenvalue weighted by atomic mass is 16.3. The van der Waals surface area contributed by atoms with Crippen LogP contribution in [0.25, 0.3) is 0 Å². The monoisotopic (exact) mass is 239 g/mol. The van der Waals surface area contributed by atoms with Gasteiger partial charge in [0.1, 0.15) is 11.4 Å². The van der Waals surface area contributed by atoms with Crippen LogP contribution in [0.15, 0.2) is 53.5 Å². The minimum Gasteiger partial charge on any atom is -0.506 e. The summed E-state index contributed by atoms with van der Waals surface area (Å²) >= 11 is 0. The van der Waals surface area contributed by atoms with Crippen molar-refractivity contribution in [2.75, 3.05) is 0 Å². The molecule has 0 amide bonds. The highest BCUT2D eigenvalue weighted by molar-refractivity contribution is 5.82. The molecular formula is C16H17NO. The molecule has 18 heavy (non-hydrogen) atoms. The van der Waals surface area contributed by atoms with Gasteiger partial charge in [-0.1, -0.05) is 50.2 Å². The van der Waals surface area contributed by atoms with Crippen molar-refractivity contribution in [3.05, 3.63) is 59.7 Å². The normalized spacial score (nSPS) is 11.3. The molecule has 0 spiro atoms. The fraction of sp³-hybridized carbons (Fsp3) is 0.188. The lowest BCUT2D eigenvalue weighted by molar-refractivity contribution is 0.477. The van der Waals surface area contributed by atoms with E-state index in [4.69, 9.17) is 0 Å². The third-order valence-electron chi connectivity index (χ3n) is 2.84. The van der Waals surface area contributed by atoms with E-state index in [0.29, 0.717) is 11.6 Å². The third-order valence-corrected chi connectivity index (χ3v) is 2.84. The van der Waals surface area contributed by atoms with Crippen LogP contribution in [-0.4, -0.2) is 11.3 Å². The molecule has 0 saturated carbocycles. The number of nitrogens with zero attached hydrogens (tertiary/aromatic N) is 1. The zero-order valence-electron chi connectivity index (χ0n) is 10.7. The summed E-state index contributed by atoms with van der Waals surface area (Å²) in [7, 11) is 0. The summed E-state index contributed by atoms with van der Waals surface area (Å²) < 4.78 is 0. The van der Waals surface area contributed by atoms with Gasteiger partial charge in [-0.05, 0) is 29.2 Å². The Kier molecular flexibility index (Phi) is 3.78. The number of para-hydroxylation sites is 2. The van der Waals surface area contributed by atoms with Gasteiger partial charge in [-0.2, -0.15) is 0 Å². The number of rotatable bonds is 3. The van der Waals surface area contributed by atoms with Gasteiger partial charge >= 0.3 is 0 Å². The molecule has 0 fully saturated rings. The second-order valence-electron chi connectivity index (χ2n) is 4.57. The van der Waals surface area contributed by atoms with Crippen LogP contribution in [0.3, 0.4) is 0 Å². The molecule has 0 aliphatic rings. The van der Waals surface area contributed by atoms with Crippen molar-refractivity contribution < 1.29 is 5.11 Å². The number of phenols is 1. The van der Waals surface area contributed by atoms with E-state index in [1.807, 2.05) is 18.2 Å². The van der Waals surface area contributed by atoms with Crippen molar-refractivity contribution >= 4 is 11.9 Å². The van der Waals surface area contributed by atoms with Crippen LogP contribution in [0.2, 0.25) is 0 Å². The fourth-order valence-electron chi connectivity index (χ4n) is 1.68. The Bertz CT molecular complexity index is 541. The topological polar surface area (TPSA) is 32.6 Å². The molecular weight excluding hydrogens is 222 g/mol. The Morgan fingerprint density at radius 2 is 1.67 bits per heavy atom. The van der Waals surface area contributed by atoms with E-state index in [1.54, 1.807) is 24.4 Å². The minimum absolute atomic E-state index is 0.201. The maximum atomic E-state index is 9.59. The van der Waals surface area contributed by atoms with Crippen molar-refractivity contribution in [2.45, 2.75) is 19.8 Å². The average Bonchev–Trinajstić information content (AvgIpc) is 2.38. The smallest absolute Gasteiger partial charge is 0.141 e. The Morgan fingerprint density at radius 3 is 2.28 bits per heavy atom. The van der Waals surface area contributed by atoms with Crippen molar-refractivity contribution in [1.29, 1.82) is 0 Å². The SMILES string of the molecule is CC(C)c1ccc(C=Nc2ccccc2O)cc1. The predicted octanol–water partition coefficient (Wildman–Crippen LogP) is 4.27. The third kappa shape index (κ3) is 2.98. The average molecular weight is 239 g/mol. The number of hydrogen-bond donors (Lipinski definition) is 1. The molecule has 0 heterocycles. The highest BCUT2D eigenvalue weighted by Gasteiger charge is 1.98. The van der Waals surface area contributed by atoms with E-state index < -0.39 is 0 Å². The highest BCUT2D eigenvalue weighted by Crippen LogP contribution is 2.24. The Morgan fingerprint density at radius 1 is 1.00 bits per heavy atom. The fourth-order valence-corrected chi connectivity index (χ4v) is 1.68. The van der Waals surface area contributed by atoms with Crippen molar-refractivity contribution in [1.82, 2.24) is 0 Å².